The average Bonchev–Trinajstić information content (AvgIpc) is 3.15. The molecule has 3 aromatic rings. The zero-order valence-corrected chi connectivity index (χ0v) is 11.7. The van der Waals surface area contributed by atoms with Crippen molar-refractivity contribution in [2.24, 2.45) is 0 Å². The largest absolute Gasteiger partial charge is 0.496 e. The molecule has 0 aliphatic heterocycles. The Morgan fingerprint density at radius 1 is 1.33 bits per heavy atom. The van der Waals surface area contributed by atoms with Gasteiger partial charge >= 0.3 is 0 Å². The van der Waals surface area contributed by atoms with E-state index in [4.69, 9.17) is 26.1 Å². The maximum atomic E-state index is 8.80. The molecule has 7 heteroatoms. The SMILES string of the molecule is COc1cc(Cl)ccc1-c1noc(-c2ccc(C#N)[nH]2)n1. The highest BCUT2D eigenvalue weighted by atomic mass is 35.5. The minimum Gasteiger partial charge on any atom is -0.496 e. The number of aromatic nitrogens is 3. The highest BCUT2D eigenvalue weighted by Gasteiger charge is 2.15. The highest BCUT2D eigenvalue weighted by molar-refractivity contribution is 6.30. The van der Waals surface area contributed by atoms with Gasteiger partial charge in [-0.1, -0.05) is 16.8 Å². The van der Waals surface area contributed by atoms with Crippen molar-refractivity contribution in [1.29, 1.82) is 5.26 Å². The number of aromatic amines is 1. The molecule has 0 saturated heterocycles. The fourth-order valence-corrected chi connectivity index (χ4v) is 2.04. The Balaban J connectivity index is 2.00. The van der Waals surface area contributed by atoms with E-state index < -0.39 is 0 Å². The maximum Gasteiger partial charge on any atom is 0.274 e. The number of ether oxygens (including phenoxy) is 1. The number of nitriles is 1. The van der Waals surface area contributed by atoms with Gasteiger partial charge in [-0.3, -0.25) is 0 Å². The lowest BCUT2D eigenvalue weighted by Crippen LogP contribution is -1.89. The lowest BCUT2D eigenvalue weighted by molar-refractivity contribution is 0.413. The number of H-pyrrole nitrogens is 1. The Kier molecular flexibility index (Phi) is 3.34. The van der Waals surface area contributed by atoms with Gasteiger partial charge in [0, 0.05) is 5.02 Å². The van der Waals surface area contributed by atoms with Gasteiger partial charge in [-0.15, -0.1) is 0 Å². The van der Waals surface area contributed by atoms with Crippen molar-refractivity contribution < 1.29 is 9.26 Å². The lowest BCUT2D eigenvalue weighted by Gasteiger charge is -2.04. The minimum absolute atomic E-state index is 0.295. The Morgan fingerprint density at radius 2 is 2.19 bits per heavy atom. The summed E-state index contributed by atoms with van der Waals surface area (Å²) < 4.78 is 10.5. The second kappa shape index (κ2) is 5.31. The van der Waals surface area contributed by atoms with E-state index in [1.165, 1.54) is 0 Å². The van der Waals surface area contributed by atoms with Crippen LogP contribution in [0.3, 0.4) is 0 Å². The van der Waals surface area contributed by atoms with E-state index in [0.29, 0.717) is 39.4 Å². The highest BCUT2D eigenvalue weighted by Crippen LogP contribution is 2.31. The lowest BCUT2D eigenvalue weighted by atomic mass is 10.2. The molecule has 0 unspecified atom stereocenters. The molecule has 6 nitrogen and oxygen atoms in total. The van der Waals surface area contributed by atoms with E-state index in [1.54, 1.807) is 37.4 Å². The topological polar surface area (TPSA) is 87.7 Å². The first-order valence-electron chi connectivity index (χ1n) is 5.98. The summed E-state index contributed by atoms with van der Waals surface area (Å²) in [5, 5.41) is 13.3. The molecule has 0 saturated carbocycles. The predicted octanol–water partition coefficient (Wildman–Crippen LogP) is 3.27. The molecule has 0 spiro atoms. The second-order valence-corrected chi connectivity index (χ2v) is 4.60. The van der Waals surface area contributed by atoms with Crippen LogP contribution in [0.4, 0.5) is 0 Å². The zero-order valence-electron chi connectivity index (χ0n) is 10.9. The third-order valence-electron chi connectivity index (χ3n) is 2.87. The summed E-state index contributed by atoms with van der Waals surface area (Å²) in [5.74, 6) is 1.23. The van der Waals surface area contributed by atoms with E-state index >= 15 is 0 Å². The molecule has 0 aliphatic rings. The number of hydrogen-bond donors (Lipinski definition) is 1. The number of nitrogens with one attached hydrogen (secondary N) is 1. The monoisotopic (exact) mass is 300 g/mol. The third-order valence-corrected chi connectivity index (χ3v) is 3.10. The van der Waals surface area contributed by atoms with Crippen LogP contribution in [0.1, 0.15) is 5.69 Å². The number of rotatable bonds is 3. The first-order chi connectivity index (χ1) is 10.2. The van der Waals surface area contributed by atoms with Gasteiger partial charge in [-0.25, -0.2) is 0 Å². The molecule has 3 rings (SSSR count). The molecule has 2 aromatic heterocycles. The third kappa shape index (κ3) is 2.47. The summed E-state index contributed by atoms with van der Waals surface area (Å²) in [6.07, 6.45) is 0. The van der Waals surface area contributed by atoms with Gasteiger partial charge in [0.2, 0.25) is 5.82 Å². The van der Waals surface area contributed by atoms with Gasteiger partial charge in [0.25, 0.3) is 5.89 Å². The molecule has 0 radical (unpaired) electrons. The van der Waals surface area contributed by atoms with Crippen LogP contribution in [-0.4, -0.2) is 22.2 Å². The summed E-state index contributed by atoms with van der Waals surface area (Å²) in [6, 6.07) is 10.5. The zero-order chi connectivity index (χ0) is 14.8. The summed E-state index contributed by atoms with van der Waals surface area (Å²) in [5.41, 5.74) is 1.68. The predicted molar refractivity (Wildman–Crippen MR) is 75.8 cm³/mol. The number of methoxy groups -OCH3 is 1. The Hall–Kier alpha value is -2.78. The first kappa shape index (κ1) is 13.2. The van der Waals surface area contributed by atoms with E-state index in [0.717, 1.165) is 0 Å². The van der Waals surface area contributed by atoms with Gasteiger partial charge < -0.3 is 14.2 Å². The number of nitrogens with zero attached hydrogens (tertiary/aromatic N) is 3. The Bertz CT molecular complexity index is 832. The Morgan fingerprint density at radius 3 is 2.90 bits per heavy atom. The molecule has 104 valence electrons. The normalized spacial score (nSPS) is 10.3. The van der Waals surface area contributed by atoms with Crippen molar-refractivity contribution in [2.75, 3.05) is 7.11 Å². The summed E-state index contributed by atoms with van der Waals surface area (Å²) >= 11 is 5.92. The van der Waals surface area contributed by atoms with E-state index in [9.17, 15) is 0 Å². The molecule has 0 bridgehead atoms. The molecule has 1 aromatic carbocycles. The molecule has 0 atom stereocenters. The number of benzene rings is 1. The molecule has 2 heterocycles. The first-order valence-corrected chi connectivity index (χ1v) is 6.36. The van der Waals surface area contributed by atoms with Crippen LogP contribution < -0.4 is 4.74 Å². The van der Waals surface area contributed by atoms with Gasteiger partial charge in [0.15, 0.2) is 0 Å². The smallest absolute Gasteiger partial charge is 0.274 e. The van der Waals surface area contributed by atoms with Crippen LogP contribution in [0.5, 0.6) is 5.75 Å². The van der Waals surface area contributed by atoms with Crippen LogP contribution >= 0.6 is 11.6 Å². The molecule has 0 aliphatic carbocycles. The molecule has 0 fully saturated rings. The standard InChI is InChI=1S/C14H9ClN4O2/c1-20-12-6-8(15)2-4-10(12)13-18-14(21-19-13)11-5-3-9(7-16)17-11/h2-6,17H,1H3. The average molecular weight is 301 g/mol. The van der Waals surface area contributed by atoms with Crippen LogP contribution in [0.25, 0.3) is 23.0 Å². The molecule has 0 amide bonds. The fourth-order valence-electron chi connectivity index (χ4n) is 1.88. The molecular weight excluding hydrogens is 292 g/mol. The van der Waals surface area contributed by atoms with E-state index in [1.807, 2.05) is 6.07 Å². The number of halogens is 1. The Labute approximate surface area is 124 Å². The van der Waals surface area contributed by atoms with Gasteiger partial charge in [-0.05, 0) is 30.3 Å². The van der Waals surface area contributed by atoms with Crippen molar-refractivity contribution >= 4 is 11.6 Å². The van der Waals surface area contributed by atoms with E-state index in [-0.39, 0.29) is 0 Å². The molecule has 1 N–H and O–H groups in total. The second-order valence-electron chi connectivity index (χ2n) is 4.17. The van der Waals surface area contributed by atoms with Crippen molar-refractivity contribution in [3.63, 3.8) is 0 Å². The van der Waals surface area contributed by atoms with Gasteiger partial charge in [0.05, 0.1) is 12.7 Å². The van der Waals surface area contributed by atoms with E-state index in [2.05, 4.69) is 15.1 Å². The van der Waals surface area contributed by atoms with Crippen molar-refractivity contribution in [3.05, 3.63) is 41.0 Å². The van der Waals surface area contributed by atoms with Crippen molar-refractivity contribution in [3.8, 4) is 34.8 Å². The minimum atomic E-state index is 0.295. The summed E-state index contributed by atoms with van der Waals surface area (Å²) in [4.78, 5) is 7.17. The van der Waals surface area contributed by atoms with Gasteiger partial charge in [0.1, 0.15) is 23.2 Å². The summed E-state index contributed by atoms with van der Waals surface area (Å²) in [6.45, 7) is 0. The van der Waals surface area contributed by atoms with Crippen LogP contribution in [0.2, 0.25) is 5.02 Å². The van der Waals surface area contributed by atoms with Crippen LogP contribution in [0.15, 0.2) is 34.9 Å². The molecular formula is C14H9ClN4O2. The van der Waals surface area contributed by atoms with Gasteiger partial charge in [-0.2, -0.15) is 10.2 Å². The molecule has 21 heavy (non-hydrogen) atoms. The van der Waals surface area contributed by atoms with Crippen LogP contribution in [-0.2, 0) is 0 Å². The number of hydrogen-bond acceptors (Lipinski definition) is 5. The maximum absolute atomic E-state index is 8.80. The van der Waals surface area contributed by atoms with Crippen LogP contribution in [0, 0.1) is 11.3 Å². The van der Waals surface area contributed by atoms with Crippen molar-refractivity contribution in [1.82, 2.24) is 15.1 Å². The fraction of sp³-hybridized carbons (Fsp3) is 0.0714. The summed E-state index contributed by atoms with van der Waals surface area (Å²) in [7, 11) is 1.54. The van der Waals surface area contributed by atoms with Crippen molar-refractivity contribution in [2.45, 2.75) is 0 Å². The quantitative estimate of drug-likeness (QED) is 0.802.